The molecule has 0 saturated carbocycles. The summed E-state index contributed by atoms with van der Waals surface area (Å²) in [5, 5.41) is 9.25. The van der Waals surface area contributed by atoms with Gasteiger partial charge in [0.25, 0.3) is 0 Å². The normalized spacial score (nSPS) is 25.1. The summed E-state index contributed by atoms with van der Waals surface area (Å²) >= 11 is 0. The first-order chi connectivity index (χ1) is 8.13. The molecular weight excluding hydrogens is 212 g/mol. The summed E-state index contributed by atoms with van der Waals surface area (Å²) in [5.74, 6) is 0.923. The molecule has 0 aromatic heterocycles. The second kappa shape index (κ2) is 7.34. The number of nitrogens with zero attached hydrogens (tertiary/aromatic N) is 1. The molecular formula is C14H30N2O. The van der Waals surface area contributed by atoms with Gasteiger partial charge < -0.3 is 15.7 Å². The molecule has 1 fully saturated rings. The van der Waals surface area contributed by atoms with Crippen molar-refractivity contribution in [3.63, 3.8) is 0 Å². The molecule has 3 nitrogen and oxygen atoms in total. The van der Waals surface area contributed by atoms with Crippen LogP contribution in [0, 0.1) is 5.92 Å². The number of likely N-dealkylation sites (tertiary alicyclic amines) is 1. The van der Waals surface area contributed by atoms with E-state index in [0.717, 1.165) is 31.7 Å². The largest absolute Gasteiger partial charge is 0.394 e. The molecule has 0 spiro atoms. The van der Waals surface area contributed by atoms with Gasteiger partial charge in [0.05, 0.1) is 6.61 Å². The van der Waals surface area contributed by atoms with Crippen LogP contribution in [-0.2, 0) is 0 Å². The predicted molar refractivity (Wildman–Crippen MR) is 73.0 cm³/mol. The van der Waals surface area contributed by atoms with Gasteiger partial charge in [0.15, 0.2) is 0 Å². The first-order valence-electron chi connectivity index (χ1n) is 7.25. The average Bonchev–Trinajstić information content (AvgIpc) is 2.77. The topological polar surface area (TPSA) is 49.5 Å². The lowest BCUT2D eigenvalue weighted by Crippen LogP contribution is -2.43. The van der Waals surface area contributed by atoms with Crippen LogP contribution in [0.4, 0.5) is 0 Å². The molecule has 1 aliphatic heterocycles. The summed E-state index contributed by atoms with van der Waals surface area (Å²) in [6.45, 7) is 8.13. The standard InChI is InChI=1S/C14H30N2O/c1-3-6-13-7-10-16(11-13)9-5-8-14(15,4-2)12-17/h13,17H,3-12,15H2,1-2H3. The highest BCUT2D eigenvalue weighted by Gasteiger charge is 2.24. The molecule has 102 valence electrons. The van der Waals surface area contributed by atoms with Crippen molar-refractivity contribution in [1.82, 2.24) is 4.90 Å². The van der Waals surface area contributed by atoms with Crippen LogP contribution in [0.5, 0.6) is 0 Å². The smallest absolute Gasteiger partial charge is 0.0611 e. The number of aliphatic hydroxyl groups excluding tert-OH is 1. The highest BCUT2D eigenvalue weighted by molar-refractivity contribution is 4.82. The Morgan fingerprint density at radius 2 is 2.18 bits per heavy atom. The Morgan fingerprint density at radius 1 is 1.41 bits per heavy atom. The van der Waals surface area contributed by atoms with Gasteiger partial charge in [-0.05, 0) is 51.1 Å². The molecule has 1 heterocycles. The Balaban J connectivity index is 2.15. The van der Waals surface area contributed by atoms with E-state index in [1.807, 2.05) is 0 Å². The summed E-state index contributed by atoms with van der Waals surface area (Å²) in [4.78, 5) is 2.56. The third-order valence-electron chi connectivity index (χ3n) is 4.23. The van der Waals surface area contributed by atoms with Crippen molar-refractivity contribution in [3.8, 4) is 0 Å². The second-order valence-electron chi connectivity index (χ2n) is 5.72. The van der Waals surface area contributed by atoms with Crippen LogP contribution in [0.2, 0.25) is 0 Å². The van der Waals surface area contributed by atoms with E-state index in [1.54, 1.807) is 0 Å². The number of rotatable bonds is 8. The van der Waals surface area contributed by atoms with E-state index in [9.17, 15) is 5.11 Å². The first-order valence-corrected chi connectivity index (χ1v) is 7.25. The van der Waals surface area contributed by atoms with Crippen LogP contribution in [0.3, 0.4) is 0 Å². The zero-order chi connectivity index (χ0) is 12.7. The van der Waals surface area contributed by atoms with Crippen LogP contribution in [-0.4, -0.2) is 41.8 Å². The summed E-state index contributed by atoms with van der Waals surface area (Å²) < 4.78 is 0. The van der Waals surface area contributed by atoms with Crippen molar-refractivity contribution in [2.24, 2.45) is 11.7 Å². The van der Waals surface area contributed by atoms with Crippen LogP contribution < -0.4 is 5.73 Å². The predicted octanol–water partition coefficient (Wildman–Crippen LogP) is 1.99. The monoisotopic (exact) mass is 242 g/mol. The van der Waals surface area contributed by atoms with Crippen LogP contribution in [0.1, 0.15) is 52.4 Å². The third kappa shape index (κ3) is 4.94. The van der Waals surface area contributed by atoms with Gasteiger partial charge in [0, 0.05) is 12.1 Å². The van der Waals surface area contributed by atoms with Crippen LogP contribution >= 0.6 is 0 Å². The van der Waals surface area contributed by atoms with E-state index in [1.165, 1.54) is 32.4 Å². The number of aliphatic hydroxyl groups is 1. The van der Waals surface area contributed by atoms with Crippen molar-refractivity contribution in [3.05, 3.63) is 0 Å². The molecule has 0 amide bonds. The van der Waals surface area contributed by atoms with Crippen molar-refractivity contribution < 1.29 is 5.11 Å². The van der Waals surface area contributed by atoms with Crippen LogP contribution in [0.25, 0.3) is 0 Å². The molecule has 0 radical (unpaired) electrons. The average molecular weight is 242 g/mol. The first kappa shape index (κ1) is 14.9. The number of nitrogens with two attached hydrogens (primary N) is 1. The van der Waals surface area contributed by atoms with Crippen molar-refractivity contribution in [1.29, 1.82) is 0 Å². The van der Waals surface area contributed by atoms with Gasteiger partial charge in [-0.25, -0.2) is 0 Å². The van der Waals surface area contributed by atoms with Gasteiger partial charge in [-0.2, -0.15) is 0 Å². The summed E-state index contributed by atoms with van der Waals surface area (Å²) in [5.41, 5.74) is 5.74. The maximum Gasteiger partial charge on any atom is 0.0611 e. The van der Waals surface area contributed by atoms with Gasteiger partial charge in [0.1, 0.15) is 0 Å². The van der Waals surface area contributed by atoms with Gasteiger partial charge in [-0.15, -0.1) is 0 Å². The molecule has 0 bridgehead atoms. The maximum atomic E-state index is 9.25. The molecule has 2 atom stereocenters. The SMILES string of the molecule is CCCC1CCN(CCCC(N)(CC)CO)C1. The summed E-state index contributed by atoms with van der Waals surface area (Å²) in [7, 11) is 0. The molecule has 0 aromatic rings. The molecule has 3 heteroatoms. The Labute approximate surface area is 106 Å². The van der Waals surface area contributed by atoms with Gasteiger partial charge in [0.2, 0.25) is 0 Å². The Kier molecular flexibility index (Phi) is 6.45. The zero-order valence-electron chi connectivity index (χ0n) is 11.6. The van der Waals surface area contributed by atoms with E-state index < -0.39 is 0 Å². The van der Waals surface area contributed by atoms with E-state index in [-0.39, 0.29) is 12.1 Å². The quantitative estimate of drug-likeness (QED) is 0.684. The highest BCUT2D eigenvalue weighted by atomic mass is 16.3. The lowest BCUT2D eigenvalue weighted by molar-refractivity contribution is 0.174. The minimum atomic E-state index is -0.345. The number of hydrogen-bond acceptors (Lipinski definition) is 3. The Bertz CT molecular complexity index is 204. The molecule has 1 rings (SSSR count). The zero-order valence-corrected chi connectivity index (χ0v) is 11.6. The van der Waals surface area contributed by atoms with Crippen LogP contribution in [0.15, 0.2) is 0 Å². The molecule has 3 N–H and O–H groups in total. The lowest BCUT2D eigenvalue weighted by atomic mass is 9.92. The summed E-state index contributed by atoms with van der Waals surface area (Å²) in [6, 6.07) is 0. The van der Waals surface area contributed by atoms with Gasteiger partial charge >= 0.3 is 0 Å². The Morgan fingerprint density at radius 3 is 2.76 bits per heavy atom. The molecule has 1 saturated heterocycles. The van der Waals surface area contributed by atoms with E-state index >= 15 is 0 Å². The molecule has 0 aliphatic carbocycles. The van der Waals surface area contributed by atoms with Gasteiger partial charge in [-0.3, -0.25) is 0 Å². The molecule has 1 aliphatic rings. The molecule has 2 unspecified atom stereocenters. The minimum Gasteiger partial charge on any atom is -0.394 e. The van der Waals surface area contributed by atoms with E-state index in [2.05, 4.69) is 18.7 Å². The fourth-order valence-electron chi connectivity index (χ4n) is 2.78. The summed E-state index contributed by atoms with van der Waals surface area (Å²) in [6.07, 6.45) is 6.98. The Hall–Kier alpha value is -0.120. The van der Waals surface area contributed by atoms with E-state index in [4.69, 9.17) is 5.73 Å². The third-order valence-corrected chi connectivity index (χ3v) is 4.23. The highest BCUT2D eigenvalue weighted by Crippen LogP contribution is 2.22. The van der Waals surface area contributed by atoms with Crippen molar-refractivity contribution in [2.45, 2.75) is 57.9 Å². The van der Waals surface area contributed by atoms with Crippen molar-refractivity contribution in [2.75, 3.05) is 26.2 Å². The molecule has 17 heavy (non-hydrogen) atoms. The maximum absolute atomic E-state index is 9.25. The minimum absolute atomic E-state index is 0.113. The fourth-order valence-corrected chi connectivity index (χ4v) is 2.78. The van der Waals surface area contributed by atoms with Crippen molar-refractivity contribution >= 4 is 0 Å². The van der Waals surface area contributed by atoms with E-state index in [0.29, 0.717) is 0 Å². The lowest BCUT2D eigenvalue weighted by Gasteiger charge is -2.26. The fraction of sp³-hybridized carbons (Fsp3) is 1.00. The molecule has 0 aromatic carbocycles. The number of hydrogen-bond donors (Lipinski definition) is 2. The van der Waals surface area contributed by atoms with Gasteiger partial charge in [-0.1, -0.05) is 20.3 Å². The second-order valence-corrected chi connectivity index (χ2v) is 5.72.